The fourth-order valence-electron chi connectivity index (χ4n) is 5.15. The van der Waals surface area contributed by atoms with Crippen LogP contribution in [0.3, 0.4) is 0 Å². The number of rotatable bonds is 5. The van der Waals surface area contributed by atoms with Crippen molar-refractivity contribution in [1.82, 2.24) is 9.88 Å². The maximum Gasteiger partial charge on any atom is 0.222 e. The third-order valence-electron chi connectivity index (χ3n) is 6.93. The average molecular weight is 434 g/mol. The number of amidine groups is 1. The van der Waals surface area contributed by atoms with Gasteiger partial charge in [0.15, 0.2) is 5.82 Å². The molecule has 168 valence electrons. The fourth-order valence-corrected chi connectivity index (χ4v) is 5.15. The van der Waals surface area contributed by atoms with E-state index >= 15 is 0 Å². The average Bonchev–Trinajstić information content (AvgIpc) is 3.49. The van der Waals surface area contributed by atoms with Gasteiger partial charge < -0.3 is 20.3 Å². The number of fused-ring (bicyclic) bond motifs is 1. The Morgan fingerprint density at radius 2 is 2.09 bits per heavy atom. The van der Waals surface area contributed by atoms with Crippen molar-refractivity contribution in [1.29, 1.82) is 0 Å². The lowest BCUT2D eigenvalue weighted by atomic mass is 9.93. The maximum absolute atomic E-state index is 13.1. The van der Waals surface area contributed by atoms with Crippen molar-refractivity contribution in [3.63, 3.8) is 0 Å². The fraction of sp³-hybridized carbons (Fsp3) is 0.480. The van der Waals surface area contributed by atoms with Crippen LogP contribution in [0.4, 0.5) is 11.5 Å². The third-order valence-corrected chi connectivity index (χ3v) is 6.93. The minimum atomic E-state index is -0.376. The number of amides is 1. The first kappa shape index (κ1) is 20.8. The van der Waals surface area contributed by atoms with Gasteiger partial charge in [0.05, 0.1) is 25.4 Å². The van der Waals surface area contributed by atoms with E-state index in [9.17, 15) is 4.79 Å². The normalized spacial score (nSPS) is 23.8. The summed E-state index contributed by atoms with van der Waals surface area (Å²) in [7, 11) is 1.67. The first-order valence-corrected chi connectivity index (χ1v) is 11.6. The number of carbonyl (C=O) groups excluding carboxylic acids is 1. The molecule has 3 aliphatic rings. The van der Waals surface area contributed by atoms with Gasteiger partial charge in [-0.15, -0.1) is 0 Å². The van der Waals surface area contributed by atoms with Crippen molar-refractivity contribution in [2.24, 2.45) is 4.99 Å². The highest BCUT2D eigenvalue weighted by Gasteiger charge is 2.47. The molecule has 7 nitrogen and oxygen atoms in total. The number of methoxy groups -OCH3 is 1. The highest BCUT2D eigenvalue weighted by molar-refractivity contribution is 6.09. The number of benzene rings is 1. The van der Waals surface area contributed by atoms with Crippen LogP contribution in [-0.2, 0) is 11.2 Å². The number of aliphatic imine (C=N–C) groups is 1. The Morgan fingerprint density at radius 1 is 1.25 bits per heavy atom. The zero-order chi connectivity index (χ0) is 22.0. The molecule has 1 saturated heterocycles. The lowest BCUT2D eigenvalue weighted by Crippen LogP contribution is -2.55. The molecular weight excluding hydrogens is 402 g/mol. The summed E-state index contributed by atoms with van der Waals surface area (Å²) in [5.41, 5.74) is 1.66. The van der Waals surface area contributed by atoms with Crippen LogP contribution in [0.15, 0.2) is 47.6 Å². The summed E-state index contributed by atoms with van der Waals surface area (Å²) in [6.45, 7) is 1.34. The molecule has 7 heteroatoms. The Balaban J connectivity index is 1.33. The highest BCUT2D eigenvalue weighted by Crippen LogP contribution is 2.36. The van der Waals surface area contributed by atoms with Gasteiger partial charge in [-0.25, -0.2) is 4.98 Å². The molecule has 2 aliphatic heterocycles. The van der Waals surface area contributed by atoms with E-state index in [1.54, 1.807) is 13.3 Å². The van der Waals surface area contributed by atoms with Crippen LogP contribution in [0.1, 0.15) is 44.1 Å². The second kappa shape index (κ2) is 8.81. The van der Waals surface area contributed by atoms with Crippen LogP contribution in [0, 0.1) is 0 Å². The second-order valence-electron chi connectivity index (χ2n) is 9.02. The third kappa shape index (κ3) is 4.04. The van der Waals surface area contributed by atoms with Crippen LogP contribution in [0.2, 0.25) is 0 Å². The Labute approximate surface area is 189 Å². The molecule has 0 radical (unpaired) electrons. The van der Waals surface area contributed by atoms with E-state index in [2.05, 4.69) is 15.6 Å². The van der Waals surface area contributed by atoms with Gasteiger partial charge in [0.25, 0.3) is 0 Å². The summed E-state index contributed by atoms with van der Waals surface area (Å²) in [6.07, 6.45) is 8.52. The van der Waals surface area contributed by atoms with Crippen molar-refractivity contribution < 1.29 is 9.53 Å². The number of ether oxygens (including phenoxy) is 1. The molecule has 5 rings (SSSR count). The second-order valence-corrected chi connectivity index (χ2v) is 9.02. The van der Waals surface area contributed by atoms with Gasteiger partial charge in [0, 0.05) is 19.2 Å². The Bertz CT molecular complexity index is 1020. The molecule has 1 aromatic heterocycles. The van der Waals surface area contributed by atoms with Crippen LogP contribution in [-0.4, -0.2) is 53.4 Å². The minimum absolute atomic E-state index is 0.173. The number of likely N-dealkylation sites (tertiary alicyclic amines) is 1. The smallest absolute Gasteiger partial charge is 0.222 e. The molecule has 2 N–H and O–H groups in total. The Morgan fingerprint density at radius 3 is 2.94 bits per heavy atom. The predicted octanol–water partition coefficient (Wildman–Crippen LogP) is 3.87. The van der Waals surface area contributed by atoms with Gasteiger partial charge in [0.1, 0.15) is 17.1 Å². The van der Waals surface area contributed by atoms with Gasteiger partial charge in [0.2, 0.25) is 5.91 Å². The molecule has 2 fully saturated rings. The summed E-state index contributed by atoms with van der Waals surface area (Å²) < 4.78 is 5.44. The molecule has 0 bridgehead atoms. The first-order chi connectivity index (χ1) is 15.7. The van der Waals surface area contributed by atoms with Gasteiger partial charge in [-0.05, 0) is 49.4 Å². The highest BCUT2D eigenvalue weighted by atomic mass is 16.5. The number of nitrogens with zero attached hydrogens (tertiary/aromatic N) is 3. The van der Waals surface area contributed by atoms with E-state index in [0.717, 1.165) is 54.5 Å². The number of aryl methyl sites for hydroxylation is 1. The molecule has 1 spiro atoms. The number of carbonyl (C=O) groups is 1. The molecular formula is C25H31N5O2. The minimum Gasteiger partial charge on any atom is -0.496 e. The number of hydrogen-bond acceptors (Lipinski definition) is 5. The number of aromatic nitrogens is 1. The topological polar surface area (TPSA) is 78.8 Å². The van der Waals surface area contributed by atoms with Crippen molar-refractivity contribution in [3.8, 4) is 5.75 Å². The number of pyridine rings is 1. The summed E-state index contributed by atoms with van der Waals surface area (Å²) in [4.78, 5) is 24.7. The van der Waals surface area contributed by atoms with E-state index in [-0.39, 0.29) is 11.4 Å². The van der Waals surface area contributed by atoms with Crippen molar-refractivity contribution in [2.45, 2.75) is 56.5 Å². The number of para-hydroxylation sites is 1. The summed E-state index contributed by atoms with van der Waals surface area (Å²) >= 11 is 0. The van der Waals surface area contributed by atoms with E-state index < -0.39 is 0 Å². The summed E-state index contributed by atoms with van der Waals surface area (Å²) in [5, 5.41) is 7.21. The van der Waals surface area contributed by atoms with Gasteiger partial charge in [-0.3, -0.25) is 9.79 Å². The Kier molecular flexibility index (Phi) is 5.72. The van der Waals surface area contributed by atoms with E-state index in [1.807, 2.05) is 41.3 Å². The van der Waals surface area contributed by atoms with E-state index in [1.165, 1.54) is 12.8 Å². The molecule has 32 heavy (non-hydrogen) atoms. The number of hydrogen-bond donors (Lipinski definition) is 2. The number of nitrogens with one attached hydrogen (secondary N) is 2. The molecule has 3 heterocycles. The summed E-state index contributed by atoms with van der Waals surface area (Å²) in [6, 6.07) is 12.2. The number of anilines is 2. The van der Waals surface area contributed by atoms with Crippen LogP contribution >= 0.6 is 0 Å². The van der Waals surface area contributed by atoms with E-state index in [4.69, 9.17) is 9.73 Å². The van der Waals surface area contributed by atoms with Gasteiger partial charge in [-0.1, -0.05) is 31.0 Å². The van der Waals surface area contributed by atoms with Crippen molar-refractivity contribution in [3.05, 3.63) is 48.2 Å². The van der Waals surface area contributed by atoms with Crippen LogP contribution in [0.5, 0.6) is 5.75 Å². The quantitative estimate of drug-likeness (QED) is 0.748. The zero-order valence-corrected chi connectivity index (χ0v) is 18.6. The van der Waals surface area contributed by atoms with Gasteiger partial charge in [-0.2, -0.15) is 0 Å². The molecule has 1 atom stereocenters. The Hall–Kier alpha value is -3.09. The van der Waals surface area contributed by atoms with Crippen molar-refractivity contribution >= 4 is 23.2 Å². The first-order valence-electron chi connectivity index (χ1n) is 11.6. The van der Waals surface area contributed by atoms with Crippen molar-refractivity contribution in [2.75, 3.05) is 30.8 Å². The molecule has 1 saturated carbocycles. The van der Waals surface area contributed by atoms with Crippen LogP contribution < -0.4 is 15.4 Å². The molecule has 2 aromatic rings. The van der Waals surface area contributed by atoms with Crippen LogP contribution in [0.25, 0.3) is 0 Å². The lowest BCUT2D eigenvalue weighted by molar-refractivity contribution is -0.130. The molecule has 1 aromatic carbocycles. The predicted molar refractivity (Wildman–Crippen MR) is 126 cm³/mol. The molecule has 1 aliphatic carbocycles. The standard InChI is InChI=1S/C25H31N5O2/c1-32-21-11-5-2-7-18(21)12-13-22(31)30-16-14-25(17-30)24(27-19-8-3-4-9-19)28-23-20(29-25)10-6-15-26-23/h2,5-7,10-11,15,19,29H,3-4,8-9,12-14,16-17H2,1H3,(H,26,27,28)/t25-/m0/s1. The molecule has 0 unspecified atom stereocenters. The zero-order valence-electron chi connectivity index (χ0n) is 18.6. The maximum atomic E-state index is 13.1. The molecule has 1 amide bonds. The van der Waals surface area contributed by atoms with Gasteiger partial charge >= 0.3 is 0 Å². The SMILES string of the molecule is COc1ccccc1CCC(=O)N1CC[C@@]2(C1)Nc1cccnc1NC2=NC1CCCC1. The largest absolute Gasteiger partial charge is 0.496 e. The monoisotopic (exact) mass is 433 g/mol. The summed E-state index contributed by atoms with van der Waals surface area (Å²) in [5.74, 6) is 2.77. The van der Waals surface area contributed by atoms with E-state index in [0.29, 0.717) is 25.4 Å². The lowest BCUT2D eigenvalue weighted by Gasteiger charge is -2.38.